The third kappa shape index (κ3) is 5.78. The molecule has 0 aliphatic carbocycles. The number of carbonyl (C=O) groups excluding carboxylic acids is 3. The quantitative estimate of drug-likeness (QED) is 0.716. The molecule has 7 nitrogen and oxygen atoms in total. The molecule has 0 unspecified atom stereocenters. The molecule has 2 aromatic rings. The number of rotatable bonds is 7. The summed E-state index contributed by atoms with van der Waals surface area (Å²) in [5.74, 6) is -2.62. The fraction of sp³-hybridized carbons (Fsp3) is 0.235. The summed E-state index contributed by atoms with van der Waals surface area (Å²) in [6.07, 6.45) is -0.387. The SMILES string of the molecule is Cc1ccc(S(=O)(=O)CCC(=O)OCC(=O)NC(=O)c2cccs2)cc1. The predicted molar refractivity (Wildman–Crippen MR) is 95.6 cm³/mol. The molecule has 0 saturated heterocycles. The molecule has 9 heteroatoms. The van der Waals surface area contributed by atoms with Crippen molar-refractivity contribution < 1.29 is 27.5 Å². The molecular formula is C17H17NO6S2. The van der Waals surface area contributed by atoms with Gasteiger partial charge in [-0.1, -0.05) is 23.8 Å². The second-order valence-electron chi connectivity index (χ2n) is 5.40. The highest BCUT2D eigenvalue weighted by atomic mass is 32.2. The highest BCUT2D eigenvalue weighted by Gasteiger charge is 2.18. The van der Waals surface area contributed by atoms with Gasteiger partial charge in [0.25, 0.3) is 11.8 Å². The normalized spacial score (nSPS) is 11.0. The second-order valence-corrected chi connectivity index (χ2v) is 8.45. The maximum absolute atomic E-state index is 12.1. The Balaban J connectivity index is 1.77. The van der Waals surface area contributed by atoms with Gasteiger partial charge in [-0.15, -0.1) is 11.3 Å². The Morgan fingerprint density at radius 3 is 2.42 bits per heavy atom. The summed E-state index contributed by atoms with van der Waals surface area (Å²) < 4.78 is 29.0. The number of sulfone groups is 1. The molecule has 2 amide bonds. The summed E-state index contributed by atoms with van der Waals surface area (Å²) >= 11 is 1.17. The molecule has 0 fully saturated rings. The molecule has 0 saturated carbocycles. The molecule has 26 heavy (non-hydrogen) atoms. The molecule has 1 N–H and O–H groups in total. The molecule has 0 atom stereocenters. The van der Waals surface area contributed by atoms with Crippen LogP contribution >= 0.6 is 11.3 Å². The Bertz CT molecular complexity index is 886. The van der Waals surface area contributed by atoms with E-state index in [1.807, 2.05) is 6.92 Å². The number of imide groups is 1. The molecule has 1 aromatic carbocycles. The van der Waals surface area contributed by atoms with Crippen molar-refractivity contribution in [2.75, 3.05) is 12.4 Å². The van der Waals surface area contributed by atoms with Gasteiger partial charge in [0.05, 0.1) is 21.9 Å². The van der Waals surface area contributed by atoms with Gasteiger partial charge in [0.15, 0.2) is 16.4 Å². The van der Waals surface area contributed by atoms with Crippen molar-refractivity contribution in [2.24, 2.45) is 0 Å². The van der Waals surface area contributed by atoms with Crippen molar-refractivity contribution in [1.82, 2.24) is 5.32 Å². The Hall–Kier alpha value is -2.52. The fourth-order valence-corrected chi connectivity index (χ4v) is 3.77. The van der Waals surface area contributed by atoms with Crippen molar-refractivity contribution in [3.63, 3.8) is 0 Å². The van der Waals surface area contributed by atoms with E-state index in [2.05, 4.69) is 5.32 Å². The van der Waals surface area contributed by atoms with Crippen LogP contribution in [0.15, 0.2) is 46.7 Å². The number of esters is 1. The number of thiophene rings is 1. The number of ether oxygens (including phenoxy) is 1. The lowest BCUT2D eigenvalue weighted by molar-refractivity contribution is -0.147. The van der Waals surface area contributed by atoms with Gasteiger partial charge in [0.2, 0.25) is 0 Å². The van der Waals surface area contributed by atoms with E-state index in [9.17, 15) is 22.8 Å². The molecule has 0 aliphatic rings. The number of benzene rings is 1. The van der Waals surface area contributed by atoms with Crippen LogP contribution in [-0.2, 0) is 24.2 Å². The van der Waals surface area contributed by atoms with Crippen molar-refractivity contribution in [3.05, 3.63) is 52.2 Å². The lowest BCUT2D eigenvalue weighted by atomic mass is 10.2. The van der Waals surface area contributed by atoms with Crippen LogP contribution in [0.5, 0.6) is 0 Å². The van der Waals surface area contributed by atoms with E-state index in [1.54, 1.807) is 29.6 Å². The highest BCUT2D eigenvalue weighted by molar-refractivity contribution is 7.91. The summed E-state index contributed by atoms with van der Waals surface area (Å²) in [6, 6.07) is 9.49. The van der Waals surface area contributed by atoms with Gasteiger partial charge in [-0.05, 0) is 30.5 Å². The van der Waals surface area contributed by atoms with E-state index >= 15 is 0 Å². The van der Waals surface area contributed by atoms with Crippen molar-refractivity contribution in [2.45, 2.75) is 18.2 Å². The van der Waals surface area contributed by atoms with Gasteiger partial charge in [0, 0.05) is 0 Å². The summed E-state index contributed by atoms with van der Waals surface area (Å²) in [7, 11) is -3.61. The zero-order valence-corrected chi connectivity index (χ0v) is 15.6. The van der Waals surface area contributed by atoms with Gasteiger partial charge < -0.3 is 4.74 Å². The molecule has 1 heterocycles. The average molecular weight is 395 g/mol. The molecular weight excluding hydrogens is 378 g/mol. The van der Waals surface area contributed by atoms with Crippen LogP contribution in [0.4, 0.5) is 0 Å². The monoisotopic (exact) mass is 395 g/mol. The largest absolute Gasteiger partial charge is 0.456 e. The lowest BCUT2D eigenvalue weighted by Gasteiger charge is -2.06. The van der Waals surface area contributed by atoms with E-state index < -0.39 is 40.0 Å². The molecule has 1 aromatic heterocycles. The average Bonchev–Trinajstić information content (AvgIpc) is 3.13. The van der Waals surface area contributed by atoms with Crippen LogP contribution in [-0.4, -0.2) is 38.6 Å². The number of aryl methyl sites for hydroxylation is 1. The summed E-state index contributed by atoms with van der Waals surface area (Å²) in [6.45, 7) is 1.18. The van der Waals surface area contributed by atoms with Gasteiger partial charge in [0.1, 0.15) is 0 Å². The summed E-state index contributed by atoms with van der Waals surface area (Å²) in [4.78, 5) is 35.4. The number of hydrogen-bond acceptors (Lipinski definition) is 7. The third-order valence-electron chi connectivity index (χ3n) is 3.32. The predicted octanol–water partition coefficient (Wildman–Crippen LogP) is 1.72. The third-order valence-corrected chi connectivity index (χ3v) is 5.92. The Morgan fingerprint density at radius 2 is 1.81 bits per heavy atom. The first-order valence-corrected chi connectivity index (χ1v) is 10.1. The zero-order valence-electron chi connectivity index (χ0n) is 13.9. The van der Waals surface area contributed by atoms with Gasteiger partial charge in [-0.25, -0.2) is 8.42 Å². The minimum atomic E-state index is -3.61. The Labute approximate surface area is 154 Å². The van der Waals surface area contributed by atoms with E-state index in [1.165, 1.54) is 23.5 Å². The van der Waals surface area contributed by atoms with Crippen LogP contribution in [0.3, 0.4) is 0 Å². The molecule has 2 rings (SSSR count). The highest BCUT2D eigenvalue weighted by Crippen LogP contribution is 2.13. The van der Waals surface area contributed by atoms with E-state index in [0.717, 1.165) is 5.56 Å². The first kappa shape index (κ1) is 19.8. The van der Waals surface area contributed by atoms with Crippen molar-refractivity contribution in [1.29, 1.82) is 0 Å². The van der Waals surface area contributed by atoms with E-state index in [-0.39, 0.29) is 11.3 Å². The van der Waals surface area contributed by atoms with Crippen molar-refractivity contribution >= 4 is 39.0 Å². The fourth-order valence-electron chi connectivity index (χ4n) is 1.93. The van der Waals surface area contributed by atoms with Crippen LogP contribution in [0, 0.1) is 6.92 Å². The Kier molecular flexibility index (Phi) is 6.64. The molecule has 0 spiro atoms. The standard InChI is InChI=1S/C17H17NO6S2/c1-12-4-6-13(7-5-12)26(22,23)10-8-16(20)24-11-15(19)18-17(21)14-3-2-9-25-14/h2-7,9H,8,10-11H2,1H3,(H,18,19,21). The summed E-state index contributed by atoms with van der Waals surface area (Å²) in [5.41, 5.74) is 0.923. The number of hydrogen-bond donors (Lipinski definition) is 1. The first-order valence-electron chi connectivity index (χ1n) is 7.60. The second kappa shape index (κ2) is 8.72. The number of amides is 2. The van der Waals surface area contributed by atoms with Crippen LogP contribution < -0.4 is 5.32 Å². The van der Waals surface area contributed by atoms with E-state index in [0.29, 0.717) is 4.88 Å². The maximum atomic E-state index is 12.1. The molecule has 138 valence electrons. The molecule has 0 bridgehead atoms. The minimum Gasteiger partial charge on any atom is -0.456 e. The Morgan fingerprint density at radius 1 is 1.12 bits per heavy atom. The van der Waals surface area contributed by atoms with Gasteiger partial charge in [-0.2, -0.15) is 0 Å². The molecule has 0 radical (unpaired) electrons. The smallest absolute Gasteiger partial charge is 0.307 e. The topological polar surface area (TPSA) is 107 Å². The van der Waals surface area contributed by atoms with Crippen LogP contribution in [0.2, 0.25) is 0 Å². The first-order chi connectivity index (χ1) is 12.3. The minimum absolute atomic E-state index is 0.121. The lowest BCUT2D eigenvalue weighted by Crippen LogP contribution is -2.33. The van der Waals surface area contributed by atoms with E-state index in [4.69, 9.17) is 4.74 Å². The van der Waals surface area contributed by atoms with Crippen molar-refractivity contribution in [3.8, 4) is 0 Å². The van der Waals surface area contributed by atoms with Crippen LogP contribution in [0.1, 0.15) is 21.7 Å². The maximum Gasteiger partial charge on any atom is 0.307 e. The summed E-state index contributed by atoms with van der Waals surface area (Å²) in [5, 5.41) is 3.77. The number of nitrogens with one attached hydrogen (secondary N) is 1. The van der Waals surface area contributed by atoms with Gasteiger partial charge in [-0.3, -0.25) is 19.7 Å². The molecule has 0 aliphatic heterocycles. The number of carbonyl (C=O) groups is 3. The van der Waals surface area contributed by atoms with Crippen LogP contribution in [0.25, 0.3) is 0 Å². The zero-order chi connectivity index (χ0) is 19.2. The van der Waals surface area contributed by atoms with Gasteiger partial charge >= 0.3 is 5.97 Å².